The number of ether oxygens (including phenoxy) is 3. The van der Waals surface area contributed by atoms with Gasteiger partial charge in [-0.3, -0.25) is 14.4 Å². The summed E-state index contributed by atoms with van der Waals surface area (Å²) in [6.07, 6.45) is 53.8. The first-order chi connectivity index (χ1) is 28.0. The average molecular weight is 799 g/mol. The van der Waals surface area contributed by atoms with E-state index in [4.69, 9.17) is 14.2 Å². The molecule has 0 N–H and O–H groups in total. The molecule has 0 aromatic heterocycles. The van der Waals surface area contributed by atoms with Gasteiger partial charge in [-0.25, -0.2) is 0 Å². The van der Waals surface area contributed by atoms with Crippen LogP contribution in [0.2, 0.25) is 0 Å². The van der Waals surface area contributed by atoms with Gasteiger partial charge in [0.15, 0.2) is 6.10 Å². The molecule has 0 radical (unpaired) electrons. The molecule has 0 aromatic carbocycles. The molecule has 0 heterocycles. The Hall–Kier alpha value is -2.63. The Kier molecular flexibility index (Phi) is 43.9. The van der Waals surface area contributed by atoms with Gasteiger partial charge in [-0.1, -0.05) is 230 Å². The molecule has 6 heteroatoms. The average Bonchev–Trinajstić information content (AvgIpc) is 3.21. The summed E-state index contributed by atoms with van der Waals surface area (Å²) in [6, 6.07) is 0. The molecule has 0 fully saturated rings. The number of hydrogen-bond donors (Lipinski definition) is 0. The SMILES string of the molecule is CC\C=C/C=C\C=C/C=C\CCCCCC(=O)OC(COC(=O)CCCCCCCCCCCCC)COC(=O)CCCCCCCCCCCCCCCCC. The van der Waals surface area contributed by atoms with Gasteiger partial charge in [-0.05, 0) is 38.5 Å². The van der Waals surface area contributed by atoms with Gasteiger partial charge < -0.3 is 14.2 Å². The minimum atomic E-state index is -0.787. The quantitative estimate of drug-likeness (QED) is 0.0265. The first kappa shape index (κ1) is 54.4. The van der Waals surface area contributed by atoms with Crippen molar-refractivity contribution in [2.75, 3.05) is 13.2 Å². The van der Waals surface area contributed by atoms with Gasteiger partial charge in [-0.2, -0.15) is 0 Å². The van der Waals surface area contributed by atoms with E-state index in [2.05, 4.69) is 32.9 Å². The van der Waals surface area contributed by atoms with E-state index in [1.165, 1.54) is 128 Å². The predicted octanol–water partition coefficient (Wildman–Crippen LogP) is 15.5. The molecule has 0 amide bonds. The molecule has 6 nitrogen and oxygen atoms in total. The highest BCUT2D eigenvalue weighted by molar-refractivity contribution is 5.71. The predicted molar refractivity (Wildman–Crippen MR) is 242 cm³/mol. The van der Waals surface area contributed by atoms with Crippen LogP contribution in [0.25, 0.3) is 0 Å². The van der Waals surface area contributed by atoms with E-state index < -0.39 is 6.10 Å². The van der Waals surface area contributed by atoms with E-state index in [1.54, 1.807) is 0 Å². The van der Waals surface area contributed by atoms with Crippen molar-refractivity contribution in [3.05, 3.63) is 48.6 Å². The van der Waals surface area contributed by atoms with Crippen molar-refractivity contribution in [3.63, 3.8) is 0 Å². The van der Waals surface area contributed by atoms with Gasteiger partial charge in [0.2, 0.25) is 0 Å². The van der Waals surface area contributed by atoms with Crippen LogP contribution in [0.3, 0.4) is 0 Å². The lowest BCUT2D eigenvalue weighted by atomic mass is 10.0. The van der Waals surface area contributed by atoms with E-state index in [1.807, 2.05) is 36.5 Å². The van der Waals surface area contributed by atoms with Crippen LogP contribution in [0, 0.1) is 0 Å². The summed E-state index contributed by atoms with van der Waals surface area (Å²) in [5.41, 5.74) is 0. The van der Waals surface area contributed by atoms with Crippen molar-refractivity contribution in [3.8, 4) is 0 Å². The van der Waals surface area contributed by atoms with Gasteiger partial charge >= 0.3 is 17.9 Å². The highest BCUT2D eigenvalue weighted by Crippen LogP contribution is 2.15. The molecule has 57 heavy (non-hydrogen) atoms. The van der Waals surface area contributed by atoms with Crippen LogP contribution >= 0.6 is 0 Å². The minimum absolute atomic E-state index is 0.0859. The number of allylic oxidation sites excluding steroid dienone is 8. The largest absolute Gasteiger partial charge is 0.462 e. The Morgan fingerprint density at radius 2 is 0.684 bits per heavy atom. The van der Waals surface area contributed by atoms with Gasteiger partial charge in [-0.15, -0.1) is 0 Å². The number of rotatable bonds is 43. The van der Waals surface area contributed by atoms with Crippen LogP contribution in [0.4, 0.5) is 0 Å². The number of unbranched alkanes of at least 4 members (excludes halogenated alkanes) is 27. The molecule has 0 spiro atoms. The fourth-order valence-corrected chi connectivity index (χ4v) is 6.81. The lowest BCUT2D eigenvalue weighted by molar-refractivity contribution is -0.167. The Bertz CT molecular complexity index is 1010. The zero-order valence-electron chi connectivity index (χ0n) is 37.6. The zero-order valence-corrected chi connectivity index (χ0v) is 37.6. The highest BCUT2D eigenvalue weighted by Gasteiger charge is 2.19. The maximum absolute atomic E-state index is 12.7. The van der Waals surface area contributed by atoms with Gasteiger partial charge in [0, 0.05) is 19.3 Å². The molecule has 0 saturated heterocycles. The Balaban J connectivity index is 4.40. The first-order valence-corrected chi connectivity index (χ1v) is 24.2. The van der Waals surface area contributed by atoms with E-state index >= 15 is 0 Å². The third-order valence-electron chi connectivity index (χ3n) is 10.4. The monoisotopic (exact) mass is 799 g/mol. The second-order valence-electron chi connectivity index (χ2n) is 16.1. The summed E-state index contributed by atoms with van der Waals surface area (Å²) < 4.78 is 16.7. The van der Waals surface area contributed by atoms with E-state index in [9.17, 15) is 14.4 Å². The molecule has 0 aliphatic rings. The molecule has 0 bridgehead atoms. The number of esters is 3. The van der Waals surface area contributed by atoms with Crippen molar-refractivity contribution < 1.29 is 28.6 Å². The normalized spacial score (nSPS) is 12.4. The Morgan fingerprint density at radius 3 is 1.07 bits per heavy atom. The molecule has 1 unspecified atom stereocenters. The van der Waals surface area contributed by atoms with Crippen LogP contribution < -0.4 is 0 Å². The maximum atomic E-state index is 12.7. The second kappa shape index (κ2) is 46.1. The summed E-state index contributed by atoms with van der Waals surface area (Å²) >= 11 is 0. The zero-order chi connectivity index (χ0) is 41.5. The van der Waals surface area contributed by atoms with Gasteiger partial charge in [0.1, 0.15) is 13.2 Å². The second-order valence-corrected chi connectivity index (χ2v) is 16.1. The Labute approximate surface area is 352 Å². The van der Waals surface area contributed by atoms with E-state index in [-0.39, 0.29) is 37.5 Å². The lowest BCUT2D eigenvalue weighted by Gasteiger charge is -2.18. The third kappa shape index (κ3) is 44.3. The molecule has 0 aliphatic heterocycles. The minimum Gasteiger partial charge on any atom is -0.462 e. The smallest absolute Gasteiger partial charge is 0.306 e. The number of carbonyl (C=O) groups excluding carboxylic acids is 3. The summed E-state index contributed by atoms with van der Waals surface area (Å²) in [4.78, 5) is 37.8. The molecule has 0 rings (SSSR count). The lowest BCUT2D eigenvalue weighted by Crippen LogP contribution is -2.30. The number of carbonyl (C=O) groups is 3. The van der Waals surface area contributed by atoms with Gasteiger partial charge in [0.25, 0.3) is 0 Å². The molecular formula is C51H90O6. The van der Waals surface area contributed by atoms with E-state index in [0.717, 1.165) is 70.6 Å². The fraction of sp³-hybridized carbons (Fsp3) is 0.784. The molecule has 1 atom stereocenters. The van der Waals surface area contributed by atoms with Crippen LogP contribution in [-0.2, 0) is 28.6 Å². The summed E-state index contributed by atoms with van der Waals surface area (Å²) in [7, 11) is 0. The van der Waals surface area contributed by atoms with Crippen molar-refractivity contribution in [1.82, 2.24) is 0 Å². The fourth-order valence-electron chi connectivity index (χ4n) is 6.81. The van der Waals surface area contributed by atoms with Crippen LogP contribution in [0.5, 0.6) is 0 Å². The molecule has 0 aliphatic carbocycles. The Morgan fingerprint density at radius 1 is 0.368 bits per heavy atom. The third-order valence-corrected chi connectivity index (χ3v) is 10.4. The molecule has 0 aromatic rings. The van der Waals surface area contributed by atoms with Crippen molar-refractivity contribution in [2.45, 2.75) is 245 Å². The highest BCUT2D eigenvalue weighted by atomic mass is 16.6. The molecule has 330 valence electrons. The summed E-state index contributed by atoms with van der Waals surface area (Å²) in [6.45, 7) is 6.46. The molecular weight excluding hydrogens is 709 g/mol. The van der Waals surface area contributed by atoms with Crippen LogP contribution in [0.15, 0.2) is 48.6 Å². The van der Waals surface area contributed by atoms with Crippen molar-refractivity contribution in [1.29, 1.82) is 0 Å². The van der Waals surface area contributed by atoms with Gasteiger partial charge in [0.05, 0.1) is 0 Å². The van der Waals surface area contributed by atoms with Crippen LogP contribution in [-0.4, -0.2) is 37.2 Å². The van der Waals surface area contributed by atoms with E-state index in [0.29, 0.717) is 12.8 Å². The van der Waals surface area contributed by atoms with Crippen molar-refractivity contribution >= 4 is 17.9 Å². The summed E-state index contributed by atoms with van der Waals surface area (Å²) in [5.74, 6) is -0.920. The molecule has 0 saturated carbocycles. The topological polar surface area (TPSA) is 78.9 Å². The van der Waals surface area contributed by atoms with Crippen LogP contribution in [0.1, 0.15) is 239 Å². The summed E-state index contributed by atoms with van der Waals surface area (Å²) in [5, 5.41) is 0. The maximum Gasteiger partial charge on any atom is 0.306 e. The first-order valence-electron chi connectivity index (χ1n) is 24.2. The number of hydrogen-bond acceptors (Lipinski definition) is 6. The standard InChI is InChI=1S/C51H90O6/c1-4-7-10-13-16-19-22-24-25-27-29-32-35-38-41-44-50(53)56-47-48(46-55-49(52)43-40-37-34-31-28-21-18-15-12-9-6-3)57-51(54)45-42-39-36-33-30-26-23-20-17-14-11-8-5-2/h8,11,14,17,20,23,26,30,48H,4-7,9-10,12-13,15-16,18-19,21-22,24-25,27-29,31-47H2,1-3H3/b11-8-,17-14-,23-20-,30-26-. The van der Waals surface area contributed by atoms with Crippen molar-refractivity contribution in [2.24, 2.45) is 0 Å².